The molecule has 2 atom stereocenters. The van der Waals surface area contributed by atoms with Crippen molar-refractivity contribution in [2.24, 2.45) is 0 Å². The van der Waals surface area contributed by atoms with Crippen molar-refractivity contribution in [2.75, 3.05) is 28.1 Å². The summed E-state index contributed by atoms with van der Waals surface area (Å²) in [6.07, 6.45) is -8.31. The molecule has 0 aliphatic carbocycles. The molecular formula is C23H21ClF3N3O7. The number of alkyl halides is 3. The SMILES string of the molecule is COCOc1cc(Cl)cc2c1-n1c(nnc1C(F)(F)F)[C@H](CC(=O)O)O[C@H]2c1cccc(OC)c1OC. The first-order chi connectivity index (χ1) is 17.6. The standard InChI is InChI=1S/C23H21ClF3N3O7/c1-33-10-36-15-8-11(24)7-13-18(15)30-21(28-29-22(30)23(25,26)27)16(9-17(31)32)37-19(13)12-5-4-6-14(34-2)20(12)35-3/h4-8,16,19H,9-10H2,1-3H3,(H,31,32)/t16-,19-/m0/s1. The molecule has 0 amide bonds. The highest BCUT2D eigenvalue weighted by molar-refractivity contribution is 6.30. The van der Waals surface area contributed by atoms with E-state index < -0.39 is 36.6 Å². The van der Waals surface area contributed by atoms with E-state index in [1.165, 1.54) is 33.5 Å². The molecule has 1 aliphatic heterocycles. The lowest BCUT2D eigenvalue weighted by molar-refractivity contribution is -0.146. The van der Waals surface area contributed by atoms with Crippen LogP contribution in [0.15, 0.2) is 30.3 Å². The van der Waals surface area contributed by atoms with Gasteiger partial charge in [0.1, 0.15) is 18.0 Å². The number of hydrogen-bond acceptors (Lipinski definition) is 8. The average Bonchev–Trinajstić information content (AvgIpc) is 3.24. The van der Waals surface area contributed by atoms with Gasteiger partial charge in [-0.1, -0.05) is 23.7 Å². The normalized spacial score (nSPS) is 16.9. The van der Waals surface area contributed by atoms with E-state index in [0.717, 1.165) is 0 Å². The molecule has 0 saturated heterocycles. The van der Waals surface area contributed by atoms with Gasteiger partial charge in [-0.15, -0.1) is 10.2 Å². The van der Waals surface area contributed by atoms with Gasteiger partial charge in [-0.05, 0) is 12.1 Å². The fraction of sp³-hybridized carbons (Fsp3) is 0.348. The molecule has 2 aromatic carbocycles. The third kappa shape index (κ3) is 5.02. The molecule has 0 saturated carbocycles. The number of fused-ring (bicyclic) bond motifs is 3. The van der Waals surface area contributed by atoms with Gasteiger partial charge in [-0.25, -0.2) is 0 Å². The van der Waals surface area contributed by atoms with Gasteiger partial charge in [-0.2, -0.15) is 13.2 Å². The second-order valence-electron chi connectivity index (χ2n) is 7.79. The molecule has 37 heavy (non-hydrogen) atoms. The minimum absolute atomic E-state index is 0.0951. The van der Waals surface area contributed by atoms with Crippen LogP contribution in [0.2, 0.25) is 5.02 Å². The first kappa shape index (κ1) is 26.5. The average molecular weight is 544 g/mol. The van der Waals surface area contributed by atoms with Gasteiger partial charge in [0.05, 0.1) is 26.3 Å². The van der Waals surface area contributed by atoms with Crippen LogP contribution in [0.4, 0.5) is 13.2 Å². The molecule has 0 unspecified atom stereocenters. The molecular weight excluding hydrogens is 523 g/mol. The molecule has 10 nitrogen and oxygen atoms in total. The molecule has 2 heterocycles. The van der Waals surface area contributed by atoms with Gasteiger partial charge >= 0.3 is 12.1 Å². The van der Waals surface area contributed by atoms with Crippen molar-refractivity contribution >= 4 is 17.6 Å². The Labute approximate surface area is 213 Å². The zero-order valence-electron chi connectivity index (χ0n) is 19.7. The van der Waals surface area contributed by atoms with Crippen molar-refractivity contribution in [3.8, 4) is 22.9 Å². The summed E-state index contributed by atoms with van der Waals surface area (Å²) in [4.78, 5) is 11.7. The molecule has 3 aromatic rings. The lowest BCUT2D eigenvalue weighted by Gasteiger charge is -2.25. The van der Waals surface area contributed by atoms with E-state index in [9.17, 15) is 23.1 Å². The van der Waals surface area contributed by atoms with Gasteiger partial charge in [0.25, 0.3) is 0 Å². The van der Waals surface area contributed by atoms with E-state index in [0.29, 0.717) is 15.9 Å². The quantitative estimate of drug-likeness (QED) is 0.408. The number of hydrogen-bond donors (Lipinski definition) is 1. The predicted octanol–water partition coefficient (Wildman–Crippen LogP) is 4.57. The van der Waals surface area contributed by atoms with E-state index in [4.69, 9.17) is 35.3 Å². The smallest absolute Gasteiger partial charge is 0.452 e. The Kier molecular flexibility index (Phi) is 7.48. The zero-order valence-corrected chi connectivity index (χ0v) is 20.5. The summed E-state index contributed by atoms with van der Waals surface area (Å²) in [6, 6.07) is 7.57. The van der Waals surface area contributed by atoms with Gasteiger partial charge in [0, 0.05) is 29.3 Å². The molecule has 0 radical (unpaired) electrons. The summed E-state index contributed by atoms with van der Waals surface area (Å²) >= 11 is 6.36. The van der Waals surface area contributed by atoms with Crippen LogP contribution in [0.3, 0.4) is 0 Å². The van der Waals surface area contributed by atoms with E-state index in [2.05, 4.69) is 10.2 Å². The Bertz CT molecular complexity index is 1320. The van der Waals surface area contributed by atoms with Crippen molar-refractivity contribution in [1.82, 2.24) is 14.8 Å². The fourth-order valence-corrected chi connectivity index (χ4v) is 4.35. The number of carbonyl (C=O) groups is 1. The number of carboxylic acid groups (broad SMARTS) is 1. The Morgan fingerprint density at radius 2 is 1.89 bits per heavy atom. The lowest BCUT2D eigenvalue weighted by Crippen LogP contribution is -2.18. The number of para-hydroxylation sites is 1. The summed E-state index contributed by atoms with van der Waals surface area (Å²) < 4.78 is 70.7. The van der Waals surface area contributed by atoms with Gasteiger partial charge in [-0.3, -0.25) is 9.36 Å². The number of rotatable bonds is 8. The Morgan fingerprint density at radius 3 is 2.51 bits per heavy atom. The number of benzene rings is 2. The highest BCUT2D eigenvalue weighted by Gasteiger charge is 2.45. The van der Waals surface area contributed by atoms with E-state index >= 15 is 0 Å². The van der Waals surface area contributed by atoms with Crippen LogP contribution in [0.5, 0.6) is 17.2 Å². The Hall–Kier alpha value is -3.55. The molecule has 0 fully saturated rings. The zero-order chi connectivity index (χ0) is 26.9. The van der Waals surface area contributed by atoms with Crippen molar-refractivity contribution in [2.45, 2.75) is 24.8 Å². The Morgan fingerprint density at radius 1 is 1.14 bits per heavy atom. The summed E-state index contributed by atoms with van der Waals surface area (Å²) in [7, 11) is 4.14. The molecule has 1 aliphatic rings. The van der Waals surface area contributed by atoms with Crippen LogP contribution in [-0.2, 0) is 20.4 Å². The number of halogens is 4. The van der Waals surface area contributed by atoms with Gasteiger partial charge < -0.3 is 28.8 Å². The van der Waals surface area contributed by atoms with Crippen molar-refractivity contribution in [3.05, 3.63) is 58.1 Å². The number of methoxy groups -OCH3 is 3. The minimum atomic E-state index is -4.96. The van der Waals surface area contributed by atoms with Gasteiger partial charge in [0.2, 0.25) is 5.82 Å². The maximum atomic E-state index is 14.1. The van der Waals surface area contributed by atoms with E-state index in [1.54, 1.807) is 18.2 Å². The molecule has 4 rings (SSSR count). The van der Waals surface area contributed by atoms with Crippen LogP contribution in [-0.4, -0.2) is 54.0 Å². The largest absolute Gasteiger partial charge is 0.493 e. The number of ether oxygens (including phenoxy) is 5. The highest BCUT2D eigenvalue weighted by Crippen LogP contribution is 2.49. The lowest BCUT2D eigenvalue weighted by atomic mass is 9.97. The van der Waals surface area contributed by atoms with Crippen LogP contribution in [0, 0.1) is 0 Å². The third-order valence-corrected chi connectivity index (χ3v) is 5.73. The number of carboxylic acids is 1. The summed E-state index contributed by atoms with van der Waals surface area (Å²) in [5.41, 5.74) is 0.312. The number of aliphatic carboxylic acids is 1. The van der Waals surface area contributed by atoms with Crippen LogP contribution >= 0.6 is 11.6 Å². The van der Waals surface area contributed by atoms with Gasteiger partial charge in [0.15, 0.2) is 24.1 Å². The van der Waals surface area contributed by atoms with E-state index in [-0.39, 0.29) is 40.4 Å². The number of nitrogens with zero attached hydrogens (tertiary/aromatic N) is 3. The fourth-order valence-electron chi connectivity index (χ4n) is 4.13. The first-order valence-corrected chi connectivity index (χ1v) is 11.0. The Balaban J connectivity index is 2.11. The van der Waals surface area contributed by atoms with Crippen LogP contribution < -0.4 is 14.2 Å². The molecule has 198 valence electrons. The second kappa shape index (κ2) is 10.4. The molecule has 0 bridgehead atoms. The molecule has 1 N–H and O–H groups in total. The summed E-state index contributed by atoms with van der Waals surface area (Å²) in [5, 5.41) is 16.7. The predicted molar refractivity (Wildman–Crippen MR) is 121 cm³/mol. The molecule has 14 heteroatoms. The molecule has 0 spiro atoms. The molecule has 1 aromatic heterocycles. The minimum Gasteiger partial charge on any atom is -0.493 e. The van der Waals surface area contributed by atoms with Crippen LogP contribution in [0.1, 0.15) is 41.4 Å². The van der Waals surface area contributed by atoms with Crippen molar-refractivity contribution in [1.29, 1.82) is 0 Å². The summed E-state index contributed by atoms with van der Waals surface area (Å²) in [5.74, 6) is -2.66. The topological polar surface area (TPSA) is 114 Å². The number of aromatic nitrogens is 3. The van der Waals surface area contributed by atoms with Crippen molar-refractivity contribution in [3.63, 3.8) is 0 Å². The monoisotopic (exact) mass is 543 g/mol. The highest BCUT2D eigenvalue weighted by atomic mass is 35.5. The third-order valence-electron chi connectivity index (χ3n) is 5.51. The van der Waals surface area contributed by atoms with Crippen LogP contribution in [0.25, 0.3) is 5.69 Å². The summed E-state index contributed by atoms with van der Waals surface area (Å²) in [6.45, 7) is -0.321. The second-order valence-corrected chi connectivity index (χ2v) is 8.23. The van der Waals surface area contributed by atoms with E-state index in [1.807, 2.05) is 0 Å². The first-order valence-electron chi connectivity index (χ1n) is 10.7. The van der Waals surface area contributed by atoms with Crippen molar-refractivity contribution < 1.29 is 46.8 Å². The maximum Gasteiger partial charge on any atom is 0.452 e. The maximum absolute atomic E-state index is 14.1.